The summed E-state index contributed by atoms with van der Waals surface area (Å²) in [6.07, 6.45) is 9.43. The Labute approximate surface area is 153 Å². The highest BCUT2D eigenvalue weighted by Crippen LogP contribution is 2.26. The van der Waals surface area contributed by atoms with Gasteiger partial charge in [-0.2, -0.15) is 0 Å². The Kier molecular flexibility index (Phi) is 4.91. The largest absolute Gasteiger partial charge is 0.348 e. The van der Waals surface area contributed by atoms with Crippen LogP contribution in [0.3, 0.4) is 0 Å². The molecule has 4 rings (SSSR count). The number of fused-ring (bicyclic) bond motifs is 1. The number of halogens is 1. The molecular formula is C20H24ClN3O. The SMILES string of the molecule is O=C(NC1CCN(C2CCCCC2)C1)c1ccnc2cc(Cl)ccc12. The van der Waals surface area contributed by atoms with Gasteiger partial charge in [0.05, 0.1) is 11.1 Å². The van der Waals surface area contributed by atoms with Crippen molar-refractivity contribution in [1.29, 1.82) is 0 Å². The number of carbonyl (C=O) groups excluding carboxylic acids is 1. The van der Waals surface area contributed by atoms with E-state index < -0.39 is 0 Å². The number of pyridine rings is 1. The molecule has 5 heteroatoms. The van der Waals surface area contributed by atoms with Crippen molar-refractivity contribution in [2.24, 2.45) is 0 Å². The second-order valence-corrected chi connectivity index (χ2v) is 7.70. The van der Waals surface area contributed by atoms with Gasteiger partial charge in [-0.3, -0.25) is 14.7 Å². The minimum Gasteiger partial charge on any atom is -0.348 e. The number of nitrogens with zero attached hydrogens (tertiary/aromatic N) is 2. The molecule has 2 aliphatic rings. The lowest BCUT2D eigenvalue weighted by molar-refractivity contribution is 0.0936. The van der Waals surface area contributed by atoms with E-state index in [-0.39, 0.29) is 11.9 Å². The van der Waals surface area contributed by atoms with Crippen LogP contribution in [0, 0.1) is 0 Å². The van der Waals surface area contributed by atoms with Crippen molar-refractivity contribution in [1.82, 2.24) is 15.2 Å². The fourth-order valence-electron chi connectivity index (χ4n) is 4.27. The second-order valence-electron chi connectivity index (χ2n) is 7.27. The van der Waals surface area contributed by atoms with E-state index in [2.05, 4.69) is 15.2 Å². The summed E-state index contributed by atoms with van der Waals surface area (Å²) in [5.41, 5.74) is 1.44. The highest BCUT2D eigenvalue weighted by Gasteiger charge is 2.30. The number of carbonyl (C=O) groups is 1. The molecule has 2 fully saturated rings. The van der Waals surface area contributed by atoms with Crippen LogP contribution in [-0.2, 0) is 0 Å². The van der Waals surface area contributed by atoms with Gasteiger partial charge in [0.15, 0.2) is 0 Å². The smallest absolute Gasteiger partial charge is 0.252 e. The Balaban J connectivity index is 1.44. The third kappa shape index (κ3) is 3.65. The maximum Gasteiger partial charge on any atom is 0.252 e. The average Bonchev–Trinajstić information content (AvgIpc) is 3.10. The zero-order valence-corrected chi connectivity index (χ0v) is 15.1. The van der Waals surface area contributed by atoms with Crippen molar-refractivity contribution in [3.05, 3.63) is 41.0 Å². The van der Waals surface area contributed by atoms with Gasteiger partial charge in [-0.15, -0.1) is 0 Å². The highest BCUT2D eigenvalue weighted by atomic mass is 35.5. The molecule has 25 heavy (non-hydrogen) atoms. The molecular weight excluding hydrogens is 334 g/mol. The van der Waals surface area contributed by atoms with Gasteiger partial charge in [-0.25, -0.2) is 0 Å². The number of likely N-dealkylation sites (tertiary alicyclic amines) is 1. The van der Waals surface area contributed by atoms with Gasteiger partial charge in [-0.05, 0) is 37.5 Å². The summed E-state index contributed by atoms with van der Waals surface area (Å²) in [6, 6.07) is 8.24. The van der Waals surface area contributed by atoms with Crippen LogP contribution in [-0.4, -0.2) is 41.0 Å². The fraction of sp³-hybridized carbons (Fsp3) is 0.500. The second kappa shape index (κ2) is 7.30. The molecule has 0 bridgehead atoms. The predicted octanol–water partition coefficient (Wildman–Crippen LogP) is 4.03. The summed E-state index contributed by atoms with van der Waals surface area (Å²) in [6.45, 7) is 2.08. The number of rotatable bonds is 3. The molecule has 4 nitrogen and oxygen atoms in total. The molecule has 1 saturated heterocycles. The zero-order valence-electron chi connectivity index (χ0n) is 14.4. The van der Waals surface area contributed by atoms with Crippen molar-refractivity contribution in [2.75, 3.05) is 13.1 Å². The molecule has 1 unspecified atom stereocenters. The first-order chi connectivity index (χ1) is 12.2. The maximum absolute atomic E-state index is 12.8. The van der Waals surface area contributed by atoms with Crippen LogP contribution in [0.5, 0.6) is 0 Å². The van der Waals surface area contributed by atoms with Crippen molar-refractivity contribution >= 4 is 28.4 Å². The summed E-state index contributed by atoms with van der Waals surface area (Å²) in [5, 5.41) is 4.72. The molecule has 2 aromatic rings. The van der Waals surface area contributed by atoms with Gasteiger partial charge in [0.25, 0.3) is 5.91 Å². The van der Waals surface area contributed by atoms with Crippen molar-refractivity contribution in [3.63, 3.8) is 0 Å². The number of nitrogens with one attached hydrogen (secondary N) is 1. The number of benzene rings is 1. The molecule has 1 N–H and O–H groups in total. The van der Waals surface area contributed by atoms with E-state index in [0.29, 0.717) is 10.6 Å². The van der Waals surface area contributed by atoms with E-state index in [1.165, 1.54) is 32.1 Å². The van der Waals surface area contributed by atoms with Crippen molar-refractivity contribution in [2.45, 2.75) is 50.6 Å². The van der Waals surface area contributed by atoms with Crippen LogP contribution in [0.4, 0.5) is 0 Å². The van der Waals surface area contributed by atoms with E-state index in [1.807, 2.05) is 12.1 Å². The van der Waals surface area contributed by atoms with Crippen LogP contribution in [0.1, 0.15) is 48.9 Å². The summed E-state index contributed by atoms with van der Waals surface area (Å²) in [5.74, 6) is -0.00906. The third-order valence-electron chi connectivity index (χ3n) is 5.60. The Morgan fingerprint density at radius 3 is 2.84 bits per heavy atom. The summed E-state index contributed by atoms with van der Waals surface area (Å²) in [7, 11) is 0. The van der Waals surface area contributed by atoms with E-state index in [9.17, 15) is 4.79 Å². The number of hydrogen-bond donors (Lipinski definition) is 1. The molecule has 0 radical (unpaired) electrons. The normalized spacial score (nSPS) is 22.4. The lowest BCUT2D eigenvalue weighted by Crippen LogP contribution is -2.40. The molecule has 1 aliphatic carbocycles. The minimum absolute atomic E-state index is 0.00906. The van der Waals surface area contributed by atoms with Crippen LogP contribution in [0.25, 0.3) is 10.9 Å². The van der Waals surface area contributed by atoms with E-state index in [1.54, 1.807) is 18.3 Å². The first-order valence-corrected chi connectivity index (χ1v) is 9.68. The summed E-state index contributed by atoms with van der Waals surface area (Å²) >= 11 is 6.03. The predicted molar refractivity (Wildman–Crippen MR) is 101 cm³/mol. The Hall–Kier alpha value is -1.65. The fourth-order valence-corrected chi connectivity index (χ4v) is 4.43. The van der Waals surface area contributed by atoms with E-state index in [4.69, 9.17) is 11.6 Å². The highest BCUT2D eigenvalue weighted by molar-refractivity contribution is 6.31. The molecule has 132 valence electrons. The number of amides is 1. The van der Waals surface area contributed by atoms with Crippen molar-refractivity contribution < 1.29 is 4.79 Å². The molecule has 1 atom stereocenters. The molecule has 1 aromatic carbocycles. The number of aromatic nitrogens is 1. The Morgan fingerprint density at radius 1 is 1.16 bits per heavy atom. The molecule has 1 saturated carbocycles. The van der Waals surface area contributed by atoms with Gasteiger partial charge in [0, 0.05) is 41.8 Å². The molecule has 0 spiro atoms. The molecule has 1 amide bonds. The maximum atomic E-state index is 12.8. The molecule has 2 heterocycles. The van der Waals surface area contributed by atoms with E-state index >= 15 is 0 Å². The summed E-state index contributed by atoms with van der Waals surface area (Å²) in [4.78, 5) is 19.7. The van der Waals surface area contributed by atoms with Gasteiger partial charge in [-0.1, -0.05) is 36.9 Å². The molecule has 1 aromatic heterocycles. The van der Waals surface area contributed by atoms with E-state index in [0.717, 1.165) is 36.5 Å². The number of hydrogen-bond acceptors (Lipinski definition) is 3. The third-order valence-corrected chi connectivity index (χ3v) is 5.83. The molecule has 1 aliphatic heterocycles. The van der Waals surface area contributed by atoms with Crippen LogP contribution >= 0.6 is 11.6 Å². The topological polar surface area (TPSA) is 45.2 Å². The summed E-state index contributed by atoms with van der Waals surface area (Å²) < 4.78 is 0. The van der Waals surface area contributed by atoms with Gasteiger partial charge in [0.2, 0.25) is 0 Å². The van der Waals surface area contributed by atoms with Gasteiger partial charge in [0.1, 0.15) is 0 Å². The average molecular weight is 358 g/mol. The van der Waals surface area contributed by atoms with Gasteiger partial charge >= 0.3 is 0 Å². The first kappa shape index (κ1) is 16.8. The van der Waals surface area contributed by atoms with Crippen LogP contribution < -0.4 is 5.32 Å². The lowest BCUT2D eigenvalue weighted by Gasteiger charge is -2.31. The Bertz CT molecular complexity index is 773. The standard InChI is InChI=1S/C20H24ClN3O/c21-14-6-7-17-18(8-10-22-19(17)12-14)20(25)23-15-9-11-24(13-15)16-4-2-1-3-5-16/h6-8,10,12,15-16H,1-5,9,11,13H2,(H,23,25). The lowest BCUT2D eigenvalue weighted by atomic mass is 9.94. The quantitative estimate of drug-likeness (QED) is 0.902. The Morgan fingerprint density at radius 2 is 2.00 bits per heavy atom. The first-order valence-electron chi connectivity index (χ1n) is 9.30. The minimum atomic E-state index is -0.00906. The van der Waals surface area contributed by atoms with Crippen LogP contribution in [0.15, 0.2) is 30.5 Å². The van der Waals surface area contributed by atoms with Gasteiger partial charge < -0.3 is 5.32 Å². The zero-order chi connectivity index (χ0) is 17.2. The van der Waals surface area contributed by atoms with Crippen LogP contribution in [0.2, 0.25) is 5.02 Å². The monoisotopic (exact) mass is 357 g/mol. The van der Waals surface area contributed by atoms with Crippen molar-refractivity contribution in [3.8, 4) is 0 Å².